The van der Waals surface area contributed by atoms with E-state index in [0.29, 0.717) is 12.1 Å². The number of nitrogens with zero attached hydrogens (tertiary/aromatic N) is 3. The predicted molar refractivity (Wildman–Crippen MR) is 154 cm³/mol. The summed E-state index contributed by atoms with van der Waals surface area (Å²) in [4.78, 5) is 48.8. The summed E-state index contributed by atoms with van der Waals surface area (Å²) < 4.78 is 5.30. The van der Waals surface area contributed by atoms with Crippen molar-refractivity contribution in [3.05, 3.63) is 80.5 Å². The van der Waals surface area contributed by atoms with Crippen LogP contribution in [0.2, 0.25) is 0 Å². The highest BCUT2D eigenvalue weighted by molar-refractivity contribution is 5.93. The van der Waals surface area contributed by atoms with Crippen LogP contribution in [0.15, 0.2) is 58.4 Å². The van der Waals surface area contributed by atoms with Gasteiger partial charge >= 0.3 is 5.97 Å². The number of carbonyl (C=O) groups excluding carboxylic acids is 1. The van der Waals surface area contributed by atoms with E-state index < -0.39 is 22.9 Å². The standard InChI is InChI=1S/C30H33N5O4/c1-4-39-30(38)24(34-25-26(28(37)27(25)36)35-14-6-5-7-19(35)3)16-20-8-10-22(11-9-20)33-29-23-17-31-13-12-21(23)15-18(2)32-29/h8-13,15,17,19,24,34H,4-7,14,16H2,1-3H3,(H,32,33)/t19-,24?/m0/s1. The number of pyridine rings is 2. The topological polar surface area (TPSA) is 114 Å². The van der Waals surface area contributed by atoms with Gasteiger partial charge in [-0.2, -0.15) is 0 Å². The molecule has 9 heteroatoms. The number of hydrogen-bond donors (Lipinski definition) is 2. The Hall–Kier alpha value is -4.27. The summed E-state index contributed by atoms with van der Waals surface area (Å²) in [5.41, 5.74) is 2.16. The van der Waals surface area contributed by atoms with E-state index in [-0.39, 0.29) is 18.3 Å². The van der Waals surface area contributed by atoms with Gasteiger partial charge in [-0.25, -0.2) is 9.78 Å². The number of esters is 1. The number of hydrogen-bond acceptors (Lipinski definition) is 9. The van der Waals surface area contributed by atoms with Gasteiger partial charge in [0.2, 0.25) is 0 Å². The minimum atomic E-state index is -0.806. The van der Waals surface area contributed by atoms with Gasteiger partial charge in [-0.15, -0.1) is 0 Å². The number of benzene rings is 1. The maximum absolute atomic E-state index is 12.9. The van der Waals surface area contributed by atoms with Crippen LogP contribution in [-0.4, -0.2) is 41.2 Å². The summed E-state index contributed by atoms with van der Waals surface area (Å²) in [5.74, 6) is 0.254. The Morgan fingerprint density at radius 1 is 1.15 bits per heavy atom. The summed E-state index contributed by atoms with van der Waals surface area (Å²) in [6.45, 7) is 6.69. The van der Waals surface area contributed by atoms with Crippen LogP contribution >= 0.6 is 0 Å². The van der Waals surface area contributed by atoms with Crippen molar-refractivity contribution in [3.8, 4) is 0 Å². The maximum Gasteiger partial charge on any atom is 0.328 e. The summed E-state index contributed by atoms with van der Waals surface area (Å²) in [6, 6.07) is 11.0. The fourth-order valence-electron chi connectivity index (χ4n) is 5.24. The molecule has 9 nitrogen and oxygen atoms in total. The summed E-state index contributed by atoms with van der Waals surface area (Å²) in [5, 5.41) is 8.42. The Morgan fingerprint density at radius 3 is 2.69 bits per heavy atom. The van der Waals surface area contributed by atoms with Crippen LogP contribution in [0.3, 0.4) is 0 Å². The molecule has 0 aliphatic carbocycles. The molecule has 1 fully saturated rings. The Morgan fingerprint density at radius 2 is 1.95 bits per heavy atom. The van der Waals surface area contributed by atoms with Crippen molar-refractivity contribution in [1.29, 1.82) is 0 Å². The molecule has 2 aromatic heterocycles. The van der Waals surface area contributed by atoms with Crippen molar-refractivity contribution in [2.24, 2.45) is 0 Å². The van der Waals surface area contributed by atoms with E-state index in [1.54, 1.807) is 19.3 Å². The maximum atomic E-state index is 12.9. The average molecular weight is 528 g/mol. The van der Waals surface area contributed by atoms with Gasteiger partial charge in [0.25, 0.3) is 10.9 Å². The fourth-order valence-corrected chi connectivity index (χ4v) is 5.24. The monoisotopic (exact) mass is 527 g/mol. The van der Waals surface area contributed by atoms with Crippen LogP contribution in [0.25, 0.3) is 10.8 Å². The number of fused-ring (bicyclic) bond motifs is 1. The fraction of sp³-hybridized carbons (Fsp3) is 0.367. The predicted octanol–water partition coefficient (Wildman–Crippen LogP) is 4.24. The number of nitrogens with one attached hydrogen (secondary N) is 2. The Labute approximate surface area is 226 Å². The van der Waals surface area contributed by atoms with Crippen molar-refractivity contribution in [1.82, 2.24) is 9.97 Å². The number of ether oxygens (including phenoxy) is 1. The molecule has 2 aromatic carbocycles. The average Bonchev–Trinajstić information content (AvgIpc) is 2.93. The van der Waals surface area contributed by atoms with Crippen LogP contribution in [-0.2, 0) is 16.0 Å². The van der Waals surface area contributed by atoms with Crippen molar-refractivity contribution >= 4 is 39.6 Å². The molecule has 0 saturated carbocycles. The van der Waals surface area contributed by atoms with E-state index in [1.165, 1.54) is 0 Å². The highest BCUT2D eigenvalue weighted by atomic mass is 16.5. The van der Waals surface area contributed by atoms with Crippen LogP contribution in [0.5, 0.6) is 0 Å². The lowest BCUT2D eigenvalue weighted by atomic mass is 9.99. The van der Waals surface area contributed by atoms with Crippen molar-refractivity contribution in [2.45, 2.75) is 58.5 Å². The molecule has 1 aliphatic rings. The SMILES string of the molecule is CCOC(=O)C(Cc1ccc(Nc2nc(C)cc3ccncc23)cc1)Nc1c(N2CCCC[C@@H]2C)c(=O)c1=O. The molecule has 202 valence electrons. The third-order valence-corrected chi connectivity index (χ3v) is 7.28. The first-order chi connectivity index (χ1) is 18.9. The number of aryl methyl sites for hydroxylation is 1. The van der Waals surface area contributed by atoms with Gasteiger partial charge in [-0.3, -0.25) is 14.6 Å². The molecule has 0 amide bonds. The minimum absolute atomic E-state index is 0.166. The Balaban J connectivity index is 1.35. The number of anilines is 4. The lowest BCUT2D eigenvalue weighted by molar-refractivity contribution is -0.144. The van der Waals surface area contributed by atoms with Gasteiger partial charge in [0, 0.05) is 48.2 Å². The largest absolute Gasteiger partial charge is 0.464 e. The molecule has 1 unspecified atom stereocenters. The molecule has 39 heavy (non-hydrogen) atoms. The summed E-state index contributed by atoms with van der Waals surface area (Å²) >= 11 is 0. The minimum Gasteiger partial charge on any atom is -0.464 e. The zero-order valence-corrected chi connectivity index (χ0v) is 22.5. The van der Waals surface area contributed by atoms with E-state index in [1.807, 2.05) is 48.2 Å². The van der Waals surface area contributed by atoms with Crippen LogP contribution < -0.4 is 26.4 Å². The molecule has 2 atom stereocenters. The molecule has 0 radical (unpaired) electrons. The zero-order valence-electron chi connectivity index (χ0n) is 22.5. The number of piperidine rings is 1. The Bertz CT molecular complexity index is 1560. The third-order valence-electron chi connectivity index (χ3n) is 7.28. The first-order valence-electron chi connectivity index (χ1n) is 13.5. The molecule has 1 saturated heterocycles. The highest BCUT2D eigenvalue weighted by Gasteiger charge is 2.33. The van der Waals surface area contributed by atoms with E-state index >= 15 is 0 Å². The molecule has 4 aromatic rings. The highest BCUT2D eigenvalue weighted by Crippen LogP contribution is 2.29. The van der Waals surface area contributed by atoms with E-state index in [4.69, 9.17) is 4.74 Å². The van der Waals surface area contributed by atoms with Crippen molar-refractivity contribution < 1.29 is 9.53 Å². The van der Waals surface area contributed by atoms with E-state index in [2.05, 4.69) is 27.5 Å². The second-order valence-electron chi connectivity index (χ2n) is 10.1. The zero-order chi connectivity index (χ0) is 27.5. The van der Waals surface area contributed by atoms with Gasteiger partial charge in [-0.1, -0.05) is 12.1 Å². The van der Waals surface area contributed by atoms with Crippen LogP contribution in [0.4, 0.5) is 22.9 Å². The lowest BCUT2D eigenvalue weighted by Gasteiger charge is -2.37. The summed E-state index contributed by atoms with van der Waals surface area (Å²) in [7, 11) is 0. The Kier molecular flexibility index (Phi) is 7.58. The first-order valence-corrected chi connectivity index (χ1v) is 13.5. The van der Waals surface area contributed by atoms with E-state index in [0.717, 1.165) is 59.3 Å². The molecule has 2 N–H and O–H groups in total. The van der Waals surface area contributed by atoms with Gasteiger partial charge in [0.15, 0.2) is 0 Å². The third kappa shape index (κ3) is 5.48. The second-order valence-corrected chi connectivity index (χ2v) is 10.1. The van der Waals surface area contributed by atoms with Crippen LogP contribution in [0, 0.1) is 6.92 Å². The number of carbonyl (C=O) groups is 1. The molecule has 1 aliphatic heterocycles. The number of rotatable bonds is 9. The first kappa shape index (κ1) is 26.3. The smallest absolute Gasteiger partial charge is 0.328 e. The van der Waals surface area contributed by atoms with E-state index in [9.17, 15) is 14.4 Å². The molecule has 5 rings (SSSR count). The quantitative estimate of drug-likeness (QED) is 0.244. The van der Waals surface area contributed by atoms with Gasteiger partial charge in [-0.05, 0) is 75.2 Å². The number of aromatic nitrogens is 2. The molecular formula is C30H33N5O4. The van der Waals surface area contributed by atoms with Gasteiger partial charge in [0.05, 0.1) is 6.61 Å². The molecule has 0 spiro atoms. The molecular weight excluding hydrogens is 494 g/mol. The summed E-state index contributed by atoms with van der Waals surface area (Å²) in [6.07, 6.45) is 6.86. The molecule has 3 heterocycles. The van der Waals surface area contributed by atoms with Gasteiger partial charge < -0.3 is 20.3 Å². The van der Waals surface area contributed by atoms with Crippen molar-refractivity contribution in [2.75, 3.05) is 28.7 Å². The lowest BCUT2D eigenvalue weighted by Crippen LogP contribution is -2.49. The van der Waals surface area contributed by atoms with Crippen molar-refractivity contribution in [3.63, 3.8) is 0 Å². The normalized spacial score (nSPS) is 16.3. The second kappa shape index (κ2) is 11.2. The van der Waals surface area contributed by atoms with Crippen LogP contribution in [0.1, 0.15) is 44.4 Å². The van der Waals surface area contributed by atoms with Gasteiger partial charge in [0.1, 0.15) is 23.2 Å². The molecule has 0 bridgehead atoms.